The highest BCUT2D eigenvalue weighted by Crippen LogP contribution is 2.30. The molecule has 0 saturated heterocycles. The van der Waals surface area contributed by atoms with Crippen molar-refractivity contribution in [1.82, 2.24) is 0 Å². The molecule has 0 bridgehead atoms. The minimum absolute atomic E-state index is 0.650. The third-order valence-electron chi connectivity index (χ3n) is 2.68. The fraction of sp³-hybridized carbons (Fsp3) is 0.0714. The zero-order valence-corrected chi connectivity index (χ0v) is 9.85. The number of alkyl halides is 3. The molecule has 0 aliphatic rings. The minimum atomic E-state index is -4.31. The molecule has 0 saturated carbocycles. The van der Waals surface area contributed by atoms with Crippen LogP contribution in [0.3, 0.4) is 0 Å². The molecule has 0 radical (unpaired) electrons. The van der Waals surface area contributed by atoms with Gasteiger partial charge in [-0.25, -0.2) is 0 Å². The molecule has 2 N–H and O–H groups in total. The molecule has 5 heteroatoms. The normalized spacial score (nSPS) is 11.9. The molecular formula is C14H11F3N2. The van der Waals surface area contributed by atoms with Gasteiger partial charge in [0.1, 0.15) is 0 Å². The van der Waals surface area contributed by atoms with Gasteiger partial charge in [-0.15, -0.1) is 0 Å². The number of rotatable bonds is 2. The zero-order valence-electron chi connectivity index (χ0n) is 9.85. The van der Waals surface area contributed by atoms with E-state index in [1.54, 1.807) is 24.3 Å². The van der Waals surface area contributed by atoms with Crippen molar-refractivity contribution in [2.45, 2.75) is 6.18 Å². The Morgan fingerprint density at radius 3 is 1.74 bits per heavy atom. The van der Waals surface area contributed by atoms with E-state index in [-0.39, 0.29) is 0 Å². The van der Waals surface area contributed by atoms with E-state index in [0.717, 1.165) is 28.8 Å². The van der Waals surface area contributed by atoms with Gasteiger partial charge in [0, 0.05) is 0 Å². The van der Waals surface area contributed by atoms with Crippen molar-refractivity contribution in [2.24, 2.45) is 10.9 Å². The van der Waals surface area contributed by atoms with E-state index in [1.807, 2.05) is 0 Å². The van der Waals surface area contributed by atoms with Crippen LogP contribution in [0.4, 0.5) is 13.2 Å². The highest BCUT2D eigenvalue weighted by molar-refractivity contribution is 5.80. The van der Waals surface area contributed by atoms with E-state index in [4.69, 9.17) is 5.84 Å². The maximum Gasteiger partial charge on any atom is 0.416 e. The molecule has 2 nitrogen and oxygen atoms in total. The second kappa shape index (κ2) is 5.14. The van der Waals surface area contributed by atoms with Crippen molar-refractivity contribution in [2.75, 3.05) is 0 Å². The maximum atomic E-state index is 12.4. The number of nitrogens with zero attached hydrogens (tertiary/aromatic N) is 1. The average molecular weight is 264 g/mol. The van der Waals surface area contributed by atoms with Gasteiger partial charge in [-0.05, 0) is 28.8 Å². The molecule has 0 aromatic heterocycles. The van der Waals surface area contributed by atoms with Gasteiger partial charge < -0.3 is 5.84 Å². The van der Waals surface area contributed by atoms with Crippen LogP contribution in [0.25, 0.3) is 11.1 Å². The highest BCUT2D eigenvalue weighted by Gasteiger charge is 2.29. The van der Waals surface area contributed by atoms with Crippen molar-refractivity contribution in [3.05, 3.63) is 59.7 Å². The lowest BCUT2D eigenvalue weighted by Gasteiger charge is -2.07. The van der Waals surface area contributed by atoms with Gasteiger partial charge in [0.25, 0.3) is 0 Å². The van der Waals surface area contributed by atoms with Crippen LogP contribution in [0.5, 0.6) is 0 Å². The topological polar surface area (TPSA) is 38.4 Å². The number of hydrogen-bond donors (Lipinski definition) is 1. The molecule has 2 rings (SSSR count). The smallest absolute Gasteiger partial charge is 0.323 e. The summed E-state index contributed by atoms with van der Waals surface area (Å²) in [4.78, 5) is 0. The summed E-state index contributed by atoms with van der Waals surface area (Å²) in [6, 6.07) is 12.3. The van der Waals surface area contributed by atoms with Gasteiger partial charge in [-0.2, -0.15) is 18.3 Å². The standard InChI is InChI=1S/C14H11F3N2/c15-14(16,17)13-7-5-12(6-8-13)11-3-1-10(2-4-11)9-19-18/h1-9H,18H2. The molecule has 0 amide bonds. The summed E-state index contributed by atoms with van der Waals surface area (Å²) in [6.07, 6.45) is -2.81. The fourth-order valence-corrected chi connectivity index (χ4v) is 1.70. The summed E-state index contributed by atoms with van der Waals surface area (Å²) >= 11 is 0. The molecule has 0 aliphatic carbocycles. The van der Waals surface area contributed by atoms with Crippen molar-refractivity contribution < 1.29 is 13.2 Å². The lowest BCUT2D eigenvalue weighted by atomic mass is 10.0. The third kappa shape index (κ3) is 3.13. The monoisotopic (exact) mass is 264 g/mol. The number of hydrazone groups is 1. The van der Waals surface area contributed by atoms with Crippen LogP contribution in [-0.2, 0) is 6.18 Å². The van der Waals surface area contributed by atoms with Crippen LogP contribution >= 0.6 is 0 Å². The Hall–Kier alpha value is -2.30. The predicted octanol–water partition coefficient (Wildman–Crippen LogP) is 3.67. The number of benzene rings is 2. The summed E-state index contributed by atoms with van der Waals surface area (Å²) < 4.78 is 37.3. The summed E-state index contributed by atoms with van der Waals surface area (Å²) in [5.74, 6) is 5.03. The summed E-state index contributed by atoms with van der Waals surface area (Å²) in [7, 11) is 0. The molecule has 0 atom stereocenters. The molecule has 0 aliphatic heterocycles. The van der Waals surface area contributed by atoms with E-state index in [1.165, 1.54) is 18.3 Å². The average Bonchev–Trinajstić information content (AvgIpc) is 2.39. The molecule has 0 unspecified atom stereocenters. The van der Waals surface area contributed by atoms with E-state index in [0.29, 0.717) is 0 Å². The van der Waals surface area contributed by atoms with Crippen LogP contribution in [0.2, 0.25) is 0 Å². The number of halogens is 3. The highest BCUT2D eigenvalue weighted by atomic mass is 19.4. The lowest BCUT2D eigenvalue weighted by Crippen LogP contribution is -2.03. The van der Waals surface area contributed by atoms with Crippen molar-refractivity contribution in [3.63, 3.8) is 0 Å². The van der Waals surface area contributed by atoms with Crippen LogP contribution in [0.15, 0.2) is 53.6 Å². The second-order valence-corrected chi connectivity index (χ2v) is 3.98. The molecule has 0 fully saturated rings. The van der Waals surface area contributed by atoms with Gasteiger partial charge >= 0.3 is 6.18 Å². The number of hydrogen-bond acceptors (Lipinski definition) is 2. The predicted molar refractivity (Wildman–Crippen MR) is 68.7 cm³/mol. The van der Waals surface area contributed by atoms with E-state index in [2.05, 4.69) is 5.10 Å². The van der Waals surface area contributed by atoms with Crippen LogP contribution in [0.1, 0.15) is 11.1 Å². The van der Waals surface area contributed by atoms with Gasteiger partial charge in [-0.3, -0.25) is 0 Å². The van der Waals surface area contributed by atoms with Crippen LogP contribution in [-0.4, -0.2) is 6.21 Å². The molecule has 2 aromatic carbocycles. The van der Waals surface area contributed by atoms with Crippen LogP contribution in [0, 0.1) is 0 Å². The summed E-state index contributed by atoms with van der Waals surface area (Å²) in [5, 5.41) is 3.40. The van der Waals surface area contributed by atoms with E-state index in [9.17, 15) is 13.2 Å². The summed E-state index contributed by atoms with van der Waals surface area (Å²) in [6.45, 7) is 0. The molecule has 19 heavy (non-hydrogen) atoms. The quantitative estimate of drug-likeness (QED) is 0.501. The lowest BCUT2D eigenvalue weighted by molar-refractivity contribution is -0.137. The Morgan fingerprint density at radius 1 is 0.842 bits per heavy atom. The van der Waals surface area contributed by atoms with Gasteiger partial charge in [-0.1, -0.05) is 36.4 Å². The van der Waals surface area contributed by atoms with E-state index < -0.39 is 11.7 Å². The Morgan fingerprint density at radius 2 is 1.32 bits per heavy atom. The maximum absolute atomic E-state index is 12.4. The second-order valence-electron chi connectivity index (χ2n) is 3.98. The third-order valence-corrected chi connectivity index (χ3v) is 2.68. The molecule has 2 aromatic rings. The SMILES string of the molecule is NN=Cc1ccc(-c2ccc(C(F)(F)F)cc2)cc1. The Kier molecular flexibility index (Phi) is 3.55. The summed E-state index contributed by atoms with van der Waals surface area (Å²) in [5.41, 5.74) is 1.74. The largest absolute Gasteiger partial charge is 0.416 e. The Labute approximate surface area is 108 Å². The first-order chi connectivity index (χ1) is 9.00. The van der Waals surface area contributed by atoms with Gasteiger partial charge in [0.05, 0.1) is 11.8 Å². The van der Waals surface area contributed by atoms with E-state index >= 15 is 0 Å². The van der Waals surface area contributed by atoms with Crippen molar-refractivity contribution >= 4 is 6.21 Å². The first-order valence-corrected chi connectivity index (χ1v) is 5.51. The molecule has 0 spiro atoms. The molecular weight excluding hydrogens is 253 g/mol. The Balaban J connectivity index is 2.27. The van der Waals surface area contributed by atoms with Gasteiger partial charge in [0.2, 0.25) is 0 Å². The fourth-order valence-electron chi connectivity index (χ4n) is 1.70. The first kappa shape index (κ1) is 13.1. The molecule has 98 valence electrons. The zero-order chi connectivity index (χ0) is 13.9. The Bertz CT molecular complexity index is 569. The number of nitrogens with two attached hydrogens (primary N) is 1. The van der Waals surface area contributed by atoms with Crippen LogP contribution < -0.4 is 5.84 Å². The minimum Gasteiger partial charge on any atom is -0.323 e. The first-order valence-electron chi connectivity index (χ1n) is 5.51. The van der Waals surface area contributed by atoms with Crippen molar-refractivity contribution in [3.8, 4) is 11.1 Å². The van der Waals surface area contributed by atoms with Crippen molar-refractivity contribution in [1.29, 1.82) is 0 Å². The molecule has 0 heterocycles. The van der Waals surface area contributed by atoms with Gasteiger partial charge in [0.15, 0.2) is 0 Å².